The second-order valence-electron chi connectivity index (χ2n) is 5.23. The summed E-state index contributed by atoms with van der Waals surface area (Å²) >= 11 is 0. The summed E-state index contributed by atoms with van der Waals surface area (Å²) in [6.07, 6.45) is 6.63. The van der Waals surface area contributed by atoms with Gasteiger partial charge in [-0.2, -0.15) is 0 Å². The van der Waals surface area contributed by atoms with Gasteiger partial charge < -0.3 is 9.64 Å². The Hall–Kier alpha value is -1.16. The Bertz CT molecular complexity index is 362. The van der Waals surface area contributed by atoms with Crippen LogP contribution in [-0.2, 0) is 0 Å². The number of nitrogens with zero attached hydrogens (tertiary/aromatic N) is 3. The predicted molar refractivity (Wildman–Crippen MR) is 71.7 cm³/mol. The molecule has 4 heteroatoms. The van der Waals surface area contributed by atoms with Gasteiger partial charge in [-0.05, 0) is 58.7 Å². The van der Waals surface area contributed by atoms with Crippen molar-refractivity contribution in [2.75, 3.05) is 26.7 Å². The first kappa shape index (κ1) is 13.3. The van der Waals surface area contributed by atoms with Crippen LogP contribution >= 0.6 is 0 Å². The Morgan fingerprint density at radius 3 is 2.83 bits per heavy atom. The van der Waals surface area contributed by atoms with Gasteiger partial charge in [0.15, 0.2) is 0 Å². The van der Waals surface area contributed by atoms with Crippen LogP contribution in [0, 0.1) is 12.8 Å². The average Bonchev–Trinajstić information content (AvgIpc) is 2.37. The number of hydrogen-bond acceptors (Lipinski definition) is 4. The molecule has 0 N–H and O–H groups in total. The fourth-order valence-corrected chi connectivity index (χ4v) is 2.41. The Morgan fingerprint density at radius 1 is 1.33 bits per heavy atom. The van der Waals surface area contributed by atoms with Gasteiger partial charge in [0.2, 0.25) is 5.88 Å². The zero-order valence-electron chi connectivity index (χ0n) is 11.4. The highest BCUT2D eigenvalue weighted by Gasteiger charge is 2.15. The molecule has 18 heavy (non-hydrogen) atoms. The van der Waals surface area contributed by atoms with E-state index < -0.39 is 0 Å². The third kappa shape index (κ3) is 4.26. The maximum atomic E-state index is 5.64. The van der Waals surface area contributed by atoms with Crippen LogP contribution in [0.15, 0.2) is 12.4 Å². The SMILES string of the molecule is Cc1cc(OCCCC2CCN(C)CC2)ncn1. The van der Waals surface area contributed by atoms with E-state index in [9.17, 15) is 0 Å². The van der Waals surface area contributed by atoms with Crippen LogP contribution in [0.5, 0.6) is 5.88 Å². The van der Waals surface area contributed by atoms with Gasteiger partial charge in [-0.3, -0.25) is 0 Å². The lowest BCUT2D eigenvalue weighted by molar-refractivity contribution is 0.199. The molecule has 0 amide bonds. The minimum absolute atomic E-state index is 0.700. The number of rotatable bonds is 5. The summed E-state index contributed by atoms with van der Waals surface area (Å²) in [4.78, 5) is 10.6. The largest absolute Gasteiger partial charge is 0.478 e. The van der Waals surface area contributed by atoms with Crippen LogP contribution in [0.1, 0.15) is 31.4 Å². The molecule has 0 bridgehead atoms. The molecule has 2 heterocycles. The van der Waals surface area contributed by atoms with Crippen molar-refractivity contribution in [3.05, 3.63) is 18.1 Å². The van der Waals surface area contributed by atoms with Gasteiger partial charge >= 0.3 is 0 Å². The minimum Gasteiger partial charge on any atom is -0.478 e. The van der Waals surface area contributed by atoms with Crippen molar-refractivity contribution in [2.24, 2.45) is 5.92 Å². The molecule has 1 aliphatic rings. The Morgan fingerprint density at radius 2 is 2.11 bits per heavy atom. The zero-order chi connectivity index (χ0) is 12.8. The Balaban J connectivity index is 1.61. The predicted octanol–water partition coefficient (Wildman–Crippen LogP) is 2.29. The topological polar surface area (TPSA) is 38.2 Å². The summed E-state index contributed by atoms with van der Waals surface area (Å²) in [6, 6.07) is 1.88. The van der Waals surface area contributed by atoms with Gasteiger partial charge in [0.25, 0.3) is 0 Å². The third-order valence-corrected chi connectivity index (χ3v) is 3.62. The fraction of sp³-hybridized carbons (Fsp3) is 0.714. The molecule has 1 aliphatic heterocycles. The Labute approximate surface area is 109 Å². The van der Waals surface area contributed by atoms with Crippen molar-refractivity contribution in [2.45, 2.75) is 32.6 Å². The van der Waals surface area contributed by atoms with Crippen molar-refractivity contribution in [1.82, 2.24) is 14.9 Å². The van der Waals surface area contributed by atoms with Crippen LogP contribution in [-0.4, -0.2) is 41.6 Å². The molecular formula is C14H23N3O. The number of piperidine rings is 1. The Kier molecular flexibility index (Phi) is 4.93. The number of ether oxygens (including phenoxy) is 1. The fourth-order valence-electron chi connectivity index (χ4n) is 2.41. The van der Waals surface area contributed by atoms with E-state index in [0.717, 1.165) is 24.6 Å². The lowest BCUT2D eigenvalue weighted by atomic mass is 9.93. The summed E-state index contributed by atoms with van der Waals surface area (Å²) in [5.74, 6) is 1.59. The second-order valence-corrected chi connectivity index (χ2v) is 5.23. The second kappa shape index (κ2) is 6.69. The van der Waals surface area contributed by atoms with Crippen molar-refractivity contribution in [3.63, 3.8) is 0 Å². The smallest absolute Gasteiger partial charge is 0.216 e. The van der Waals surface area contributed by atoms with Crippen LogP contribution in [0.4, 0.5) is 0 Å². The highest BCUT2D eigenvalue weighted by molar-refractivity contribution is 5.11. The highest BCUT2D eigenvalue weighted by Crippen LogP contribution is 2.21. The van der Waals surface area contributed by atoms with E-state index in [4.69, 9.17) is 4.74 Å². The molecule has 1 aromatic heterocycles. The van der Waals surface area contributed by atoms with E-state index in [1.54, 1.807) is 6.33 Å². The third-order valence-electron chi connectivity index (χ3n) is 3.62. The van der Waals surface area contributed by atoms with Crippen molar-refractivity contribution in [3.8, 4) is 5.88 Å². The molecule has 1 fully saturated rings. The van der Waals surface area contributed by atoms with Gasteiger partial charge in [-0.1, -0.05) is 0 Å². The molecule has 100 valence electrons. The first-order valence-corrected chi connectivity index (χ1v) is 6.84. The van der Waals surface area contributed by atoms with Crippen LogP contribution in [0.2, 0.25) is 0 Å². The van der Waals surface area contributed by atoms with Gasteiger partial charge in [-0.25, -0.2) is 9.97 Å². The summed E-state index contributed by atoms with van der Waals surface area (Å²) in [6.45, 7) is 5.21. The molecule has 1 saturated heterocycles. The average molecular weight is 249 g/mol. The number of aromatic nitrogens is 2. The summed E-state index contributed by atoms with van der Waals surface area (Å²) in [5.41, 5.74) is 0.954. The quantitative estimate of drug-likeness (QED) is 0.750. The maximum Gasteiger partial charge on any atom is 0.216 e. The summed E-state index contributed by atoms with van der Waals surface area (Å²) in [7, 11) is 2.21. The molecular weight excluding hydrogens is 226 g/mol. The van der Waals surface area contributed by atoms with Crippen LogP contribution in [0.25, 0.3) is 0 Å². The summed E-state index contributed by atoms with van der Waals surface area (Å²) < 4.78 is 5.64. The van der Waals surface area contributed by atoms with Gasteiger partial charge in [-0.15, -0.1) is 0 Å². The number of hydrogen-bond donors (Lipinski definition) is 0. The van der Waals surface area contributed by atoms with Crippen LogP contribution < -0.4 is 4.74 Å². The zero-order valence-corrected chi connectivity index (χ0v) is 11.4. The highest BCUT2D eigenvalue weighted by atomic mass is 16.5. The maximum absolute atomic E-state index is 5.64. The lowest BCUT2D eigenvalue weighted by Gasteiger charge is -2.28. The van der Waals surface area contributed by atoms with E-state index in [0.29, 0.717) is 5.88 Å². The molecule has 1 aromatic rings. The van der Waals surface area contributed by atoms with E-state index in [2.05, 4.69) is 21.9 Å². The lowest BCUT2D eigenvalue weighted by Crippen LogP contribution is -2.30. The van der Waals surface area contributed by atoms with Crippen molar-refractivity contribution >= 4 is 0 Å². The van der Waals surface area contributed by atoms with Crippen LogP contribution in [0.3, 0.4) is 0 Å². The number of aryl methyl sites for hydroxylation is 1. The molecule has 0 aromatic carbocycles. The monoisotopic (exact) mass is 249 g/mol. The molecule has 2 rings (SSSR count). The molecule has 4 nitrogen and oxygen atoms in total. The van der Waals surface area contributed by atoms with Crippen molar-refractivity contribution in [1.29, 1.82) is 0 Å². The van der Waals surface area contributed by atoms with Gasteiger partial charge in [0.1, 0.15) is 6.33 Å². The minimum atomic E-state index is 0.700. The first-order chi connectivity index (χ1) is 8.74. The van der Waals surface area contributed by atoms with E-state index in [-0.39, 0.29) is 0 Å². The summed E-state index contributed by atoms with van der Waals surface area (Å²) in [5, 5.41) is 0. The first-order valence-electron chi connectivity index (χ1n) is 6.84. The molecule has 0 spiro atoms. The van der Waals surface area contributed by atoms with E-state index in [1.165, 1.54) is 32.4 Å². The molecule has 0 radical (unpaired) electrons. The molecule has 0 saturated carbocycles. The van der Waals surface area contributed by atoms with Crippen molar-refractivity contribution < 1.29 is 4.74 Å². The van der Waals surface area contributed by atoms with Gasteiger partial charge in [0, 0.05) is 11.8 Å². The molecule has 0 unspecified atom stereocenters. The molecule has 0 atom stereocenters. The standard InChI is InChI=1S/C14H23N3O/c1-12-10-14(16-11-15-12)18-9-3-4-13-5-7-17(2)8-6-13/h10-11,13H,3-9H2,1-2H3. The molecule has 0 aliphatic carbocycles. The van der Waals surface area contributed by atoms with Gasteiger partial charge in [0.05, 0.1) is 6.61 Å². The van der Waals surface area contributed by atoms with E-state index in [1.807, 2.05) is 13.0 Å². The number of likely N-dealkylation sites (tertiary alicyclic amines) is 1. The normalized spacial score (nSPS) is 17.9. The van der Waals surface area contributed by atoms with E-state index >= 15 is 0 Å².